The van der Waals surface area contributed by atoms with Gasteiger partial charge in [0.25, 0.3) is 5.91 Å². The quantitative estimate of drug-likeness (QED) is 0.631. The molecule has 0 spiro atoms. The molecule has 6 nitrogen and oxygen atoms in total. The van der Waals surface area contributed by atoms with E-state index in [1.807, 2.05) is 42.5 Å². The number of aliphatic imine (C=N–C) groups is 1. The molecule has 1 aliphatic rings. The number of primary amides is 1. The highest BCUT2D eigenvalue weighted by Crippen LogP contribution is 2.35. The number of halogens is 1. The number of hydrogen-bond donors (Lipinski definition) is 2. The van der Waals surface area contributed by atoms with Gasteiger partial charge in [-0.05, 0) is 53.1 Å². The van der Waals surface area contributed by atoms with Crippen molar-refractivity contribution in [2.75, 3.05) is 17.2 Å². The minimum Gasteiger partial charge on any atom is -0.398 e. The van der Waals surface area contributed by atoms with Crippen molar-refractivity contribution >= 4 is 41.1 Å². The summed E-state index contributed by atoms with van der Waals surface area (Å²) >= 11 is 5.98. The summed E-state index contributed by atoms with van der Waals surface area (Å²) in [5.74, 6) is -0.601. The molecule has 1 aliphatic heterocycles. The minimum atomic E-state index is -0.601. The zero-order valence-corrected chi connectivity index (χ0v) is 16.1. The summed E-state index contributed by atoms with van der Waals surface area (Å²) in [7, 11) is 0. The highest BCUT2D eigenvalue weighted by molar-refractivity contribution is 6.30. The maximum Gasteiger partial charge on any atom is 0.348 e. The second kappa shape index (κ2) is 7.41. The molecule has 4 N–H and O–H groups in total. The SMILES string of the molecule is NC(=O)c1cc(-c2ccc(Cl)cc2)cc(-c2ccc(N3CC=NC3=O)cc2)c1N. The van der Waals surface area contributed by atoms with Crippen LogP contribution in [0, 0.1) is 0 Å². The number of nitrogens with zero attached hydrogens (tertiary/aromatic N) is 2. The monoisotopic (exact) mass is 404 g/mol. The Morgan fingerprint density at radius 1 is 0.966 bits per heavy atom. The number of nitrogens with two attached hydrogens (primary N) is 2. The van der Waals surface area contributed by atoms with Crippen LogP contribution in [-0.4, -0.2) is 24.7 Å². The van der Waals surface area contributed by atoms with E-state index >= 15 is 0 Å². The second-order valence-electron chi connectivity index (χ2n) is 6.61. The Bertz CT molecular complexity index is 1140. The maximum absolute atomic E-state index is 12.0. The van der Waals surface area contributed by atoms with E-state index in [1.54, 1.807) is 29.3 Å². The van der Waals surface area contributed by atoms with Gasteiger partial charge in [0.2, 0.25) is 0 Å². The number of amides is 3. The summed E-state index contributed by atoms with van der Waals surface area (Å²) in [5, 5.41) is 0.621. The van der Waals surface area contributed by atoms with Crippen molar-refractivity contribution in [3.8, 4) is 22.3 Å². The van der Waals surface area contributed by atoms with E-state index in [2.05, 4.69) is 4.99 Å². The summed E-state index contributed by atoms with van der Waals surface area (Å²) in [6, 6.07) is 17.9. The fourth-order valence-corrected chi connectivity index (χ4v) is 3.42. The summed E-state index contributed by atoms with van der Waals surface area (Å²) in [6.45, 7) is 0.443. The summed E-state index contributed by atoms with van der Waals surface area (Å²) in [6.07, 6.45) is 1.57. The molecule has 0 fully saturated rings. The number of anilines is 2. The molecular weight excluding hydrogens is 388 g/mol. The summed E-state index contributed by atoms with van der Waals surface area (Å²) in [4.78, 5) is 29.1. The van der Waals surface area contributed by atoms with Gasteiger partial charge in [-0.25, -0.2) is 9.79 Å². The highest BCUT2D eigenvalue weighted by atomic mass is 35.5. The van der Waals surface area contributed by atoms with E-state index in [4.69, 9.17) is 23.1 Å². The van der Waals surface area contributed by atoms with Gasteiger partial charge in [-0.3, -0.25) is 9.69 Å². The van der Waals surface area contributed by atoms with Crippen molar-refractivity contribution in [3.63, 3.8) is 0 Å². The van der Waals surface area contributed by atoms with Crippen molar-refractivity contribution in [3.05, 3.63) is 71.2 Å². The van der Waals surface area contributed by atoms with Crippen LogP contribution >= 0.6 is 11.6 Å². The van der Waals surface area contributed by atoms with Gasteiger partial charge in [0, 0.05) is 22.5 Å². The second-order valence-corrected chi connectivity index (χ2v) is 7.04. The minimum absolute atomic E-state index is 0.250. The van der Waals surface area contributed by atoms with E-state index in [1.165, 1.54) is 0 Å². The van der Waals surface area contributed by atoms with Crippen molar-refractivity contribution in [1.82, 2.24) is 0 Å². The van der Waals surface area contributed by atoms with Crippen molar-refractivity contribution in [2.45, 2.75) is 0 Å². The van der Waals surface area contributed by atoms with Gasteiger partial charge in [0.15, 0.2) is 0 Å². The van der Waals surface area contributed by atoms with Crippen LogP contribution < -0.4 is 16.4 Å². The van der Waals surface area contributed by atoms with Crippen molar-refractivity contribution in [1.29, 1.82) is 0 Å². The molecule has 7 heteroatoms. The van der Waals surface area contributed by atoms with Crippen LogP contribution in [0.15, 0.2) is 65.7 Å². The van der Waals surface area contributed by atoms with Crippen LogP contribution in [0.1, 0.15) is 10.4 Å². The summed E-state index contributed by atoms with van der Waals surface area (Å²) < 4.78 is 0. The van der Waals surface area contributed by atoms with Gasteiger partial charge >= 0.3 is 6.03 Å². The molecule has 0 aromatic heterocycles. The first-order valence-electron chi connectivity index (χ1n) is 8.88. The molecule has 0 atom stereocenters. The Hall–Kier alpha value is -3.64. The topological polar surface area (TPSA) is 102 Å². The van der Waals surface area contributed by atoms with Gasteiger partial charge in [0.1, 0.15) is 0 Å². The normalized spacial score (nSPS) is 13.1. The molecule has 1 heterocycles. The van der Waals surface area contributed by atoms with E-state index in [0.29, 0.717) is 22.8 Å². The van der Waals surface area contributed by atoms with Crippen LogP contribution in [-0.2, 0) is 0 Å². The number of hydrogen-bond acceptors (Lipinski definition) is 3. The lowest BCUT2D eigenvalue weighted by molar-refractivity contribution is 0.100. The maximum atomic E-state index is 12.0. The highest BCUT2D eigenvalue weighted by Gasteiger charge is 2.19. The fourth-order valence-electron chi connectivity index (χ4n) is 3.29. The predicted octanol–water partition coefficient (Wildman–Crippen LogP) is 4.37. The lowest BCUT2D eigenvalue weighted by Crippen LogP contribution is -2.23. The standard InChI is InChI=1S/C22H17ClN4O2/c23-16-5-1-13(2-6-16)15-11-18(20(24)19(12-15)21(25)28)14-3-7-17(8-4-14)27-10-9-26-22(27)29/h1-9,11-12H,10,24H2,(H2,25,28). The van der Waals surface area contributed by atoms with Gasteiger partial charge in [-0.1, -0.05) is 35.9 Å². The number of carbonyl (C=O) groups is 2. The molecule has 3 aromatic rings. The fraction of sp³-hybridized carbons (Fsp3) is 0.0455. The molecule has 0 unspecified atom stereocenters. The van der Waals surface area contributed by atoms with Crippen LogP contribution in [0.5, 0.6) is 0 Å². The number of nitrogen functional groups attached to an aromatic ring is 1. The average molecular weight is 405 g/mol. The van der Waals surface area contributed by atoms with Gasteiger partial charge in [-0.2, -0.15) is 0 Å². The Morgan fingerprint density at radius 2 is 1.62 bits per heavy atom. The van der Waals surface area contributed by atoms with E-state index in [9.17, 15) is 9.59 Å². The molecule has 4 rings (SSSR count). The van der Waals surface area contributed by atoms with Crippen LogP contribution in [0.3, 0.4) is 0 Å². The molecule has 0 radical (unpaired) electrons. The third-order valence-electron chi connectivity index (χ3n) is 4.81. The van der Waals surface area contributed by atoms with E-state index < -0.39 is 5.91 Å². The van der Waals surface area contributed by atoms with Crippen LogP contribution in [0.4, 0.5) is 16.2 Å². The molecule has 0 aliphatic carbocycles. The Morgan fingerprint density at radius 3 is 2.21 bits per heavy atom. The lowest BCUT2D eigenvalue weighted by atomic mass is 9.93. The third-order valence-corrected chi connectivity index (χ3v) is 5.06. The number of rotatable bonds is 4. The molecule has 3 aromatic carbocycles. The van der Waals surface area contributed by atoms with Gasteiger partial charge in [0.05, 0.1) is 17.8 Å². The van der Waals surface area contributed by atoms with E-state index in [-0.39, 0.29) is 11.6 Å². The molecule has 0 bridgehead atoms. The molecule has 0 saturated heterocycles. The number of urea groups is 1. The number of benzene rings is 3. The zero-order valence-electron chi connectivity index (χ0n) is 15.3. The largest absolute Gasteiger partial charge is 0.398 e. The Labute approximate surface area is 172 Å². The van der Waals surface area contributed by atoms with Crippen LogP contribution in [0.25, 0.3) is 22.3 Å². The molecule has 144 valence electrons. The molecule has 3 amide bonds. The molecular formula is C22H17ClN4O2. The van der Waals surface area contributed by atoms with Gasteiger partial charge in [-0.15, -0.1) is 0 Å². The van der Waals surface area contributed by atoms with E-state index in [0.717, 1.165) is 22.4 Å². The average Bonchev–Trinajstić information content (AvgIpc) is 3.15. The first-order valence-corrected chi connectivity index (χ1v) is 9.25. The molecule has 0 saturated carbocycles. The Balaban J connectivity index is 1.79. The number of carbonyl (C=O) groups excluding carboxylic acids is 2. The summed E-state index contributed by atoms with van der Waals surface area (Å²) in [5.41, 5.74) is 16.3. The van der Waals surface area contributed by atoms with Crippen molar-refractivity contribution < 1.29 is 9.59 Å². The first kappa shape index (κ1) is 18.7. The third kappa shape index (κ3) is 3.58. The zero-order chi connectivity index (χ0) is 20.5. The smallest absolute Gasteiger partial charge is 0.348 e. The van der Waals surface area contributed by atoms with Crippen molar-refractivity contribution in [2.24, 2.45) is 10.7 Å². The lowest BCUT2D eigenvalue weighted by Gasteiger charge is -2.16. The Kier molecular flexibility index (Phi) is 4.78. The van der Waals surface area contributed by atoms with Crippen LogP contribution in [0.2, 0.25) is 5.02 Å². The molecule has 29 heavy (non-hydrogen) atoms. The predicted molar refractivity (Wildman–Crippen MR) is 116 cm³/mol. The van der Waals surface area contributed by atoms with Gasteiger partial charge < -0.3 is 11.5 Å². The first-order chi connectivity index (χ1) is 13.9.